The van der Waals surface area contributed by atoms with Crippen LogP contribution in [0.1, 0.15) is 40.0 Å². The average molecular weight is 458 g/mol. The molecule has 2 amide bonds. The molecule has 2 atom stereocenters. The average Bonchev–Trinajstić information content (AvgIpc) is 3.55. The van der Waals surface area contributed by atoms with E-state index in [-0.39, 0.29) is 11.3 Å². The molecule has 3 fully saturated rings. The Balaban J connectivity index is 1.66. The number of piperazine rings is 1. The molecule has 33 heavy (non-hydrogen) atoms. The lowest BCUT2D eigenvalue weighted by atomic mass is 9.55. The minimum Gasteiger partial charge on any atom is -0.481 e. The maximum absolute atomic E-state index is 14.0. The number of aliphatic carboxylic acids is 1. The number of hydrogen-bond donors (Lipinski definition) is 1. The molecule has 4 rings (SSSR count). The van der Waals surface area contributed by atoms with Gasteiger partial charge in [0.25, 0.3) is 0 Å². The predicted molar refractivity (Wildman–Crippen MR) is 124 cm³/mol. The summed E-state index contributed by atoms with van der Waals surface area (Å²) in [7, 11) is 1.29. The van der Waals surface area contributed by atoms with E-state index in [9.17, 15) is 19.5 Å². The number of likely N-dealkylation sites (tertiary alicyclic amines) is 1. The molecular formula is C25H35N3O5. The first-order chi connectivity index (χ1) is 15.5. The number of rotatable bonds is 3. The van der Waals surface area contributed by atoms with Crippen molar-refractivity contribution in [1.82, 2.24) is 9.80 Å². The van der Waals surface area contributed by atoms with Crippen LogP contribution in [-0.2, 0) is 14.3 Å². The monoisotopic (exact) mass is 457 g/mol. The highest BCUT2D eigenvalue weighted by atomic mass is 16.5. The molecule has 1 aliphatic carbocycles. The number of nitrogens with zero attached hydrogens (tertiary/aromatic N) is 3. The lowest BCUT2D eigenvalue weighted by Gasteiger charge is -2.55. The molecule has 2 saturated heterocycles. The Morgan fingerprint density at radius 3 is 2.12 bits per heavy atom. The quantitative estimate of drug-likeness (QED) is 0.750. The number of benzene rings is 1. The third-order valence-electron chi connectivity index (χ3n) is 7.97. The highest BCUT2D eigenvalue weighted by Gasteiger charge is 2.69. The summed E-state index contributed by atoms with van der Waals surface area (Å²) in [6.07, 6.45) is 1.49. The SMILES string of the molecule is COC(=O)N1CC2(CC2)C[C@@](C(=O)O)(C(C)(C)C)[C@H]1C(=O)N1CCN(c2ccccc2)CC1. The summed E-state index contributed by atoms with van der Waals surface area (Å²) in [5.74, 6) is -1.31. The van der Waals surface area contributed by atoms with Gasteiger partial charge >= 0.3 is 12.1 Å². The van der Waals surface area contributed by atoms with Crippen molar-refractivity contribution in [2.45, 2.75) is 46.1 Å². The van der Waals surface area contributed by atoms with E-state index in [1.54, 1.807) is 4.90 Å². The van der Waals surface area contributed by atoms with Crippen LogP contribution in [0, 0.1) is 16.2 Å². The number of methoxy groups -OCH3 is 1. The van der Waals surface area contributed by atoms with Gasteiger partial charge in [0, 0.05) is 38.4 Å². The van der Waals surface area contributed by atoms with Crippen LogP contribution in [0.2, 0.25) is 0 Å². The summed E-state index contributed by atoms with van der Waals surface area (Å²) in [4.78, 5) is 45.2. The molecule has 1 saturated carbocycles. The fourth-order valence-corrected chi connectivity index (χ4v) is 5.79. The second-order valence-corrected chi connectivity index (χ2v) is 10.9. The number of anilines is 1. The van der Waals surface area contributed by atoms with Crippen LogP contribution in [0.3, 0.4) is 0 Å². The molecule has 1 N–H and O–H groups in total. The molecule has 2 heterocycles. The molecule has 1 aromatic carbocycles. The van der Waals surface area contributed by atoms with Crippen molar-refractivity contribution in [2.24, 2.45) is 16.2 Å². The van der Waals surface area contributed by atoms with Crippen molar-refractivity contribution in [3.63, 3.8) is 0 Å². The number of para-hydroxylation sites is 1. The highest BCUT2D eigenvalue weighted by Crippen LogP contribution is 2.63. The third kappa shape index (κ3) is 3.93. The van der Waals surface area contributed by atoms with Crippen molar-refractivity contribution in [2.75, 3.05) is 44.7 Å². The molecule has 1 spiro atoms. The van der Waals surface area contributed by atoms with Crippen molar-refractivity contribution in [1.29, 1.82) is 0 Å². The number of carboxylic acids is 1. The summed E-state index contributed by atoms with van der Waals surface area (Å²) in [6.45, 7) is 8.23. The zero-order valence-electron chi connectivity index (χ0n) is 20.0. The Kier molecular flexibility index (Phi) is 5.83. The van der Waals surface area contributed by atoms with E-state index < -0.39 is 28.9 Å². The van der Waals surface area contributed by atoms with E-state index >= 15 is 0 Å². The van der Waals surface area contributed by atoms with Crippen molar-refractivity contribution in [3.05, 3.63) is 30.3 Å². The molecular weight excluding hydrogens is 422 g/mol. The van der Waals surface area contributed by atoms with Gasteiger partial charge in [0.05, 0.1) is 7.11 Å². The highest BCUT2D eigenvalue weighted by molar-refractivity contribution is 5.94. The van der Waals surface area contributed by atoms with Gasteiger partial charge in [-0.15, -0.1) is 0 Å². The van der Waals surface area contributed by atoms with Crippen LogP contribution in [0.4, 0.5) is 10.5 Å². The summed E-state index contributed by atoms with van der Waals surface area (Å²) in [6, 6.07) is 8.93. The van der Waals surface area contributed by atoms with Crippen LogP contribution >= 0.6 is 0 Å². The molecule has 0 aromatic heterocycles. The van der Waals surface area contributed by atoms with E-state index in [4.69, 9.17) is 4.74 Å². The van der Waals surface area contributed by atoms with Crippen LogP contribution < -0.4 is 4.90 Å². The number of hydrogen-bond acceptors (Lipinski definition) is 5. The van der Waals surface area contributed by atoms with Gasteiger partial charge < -0.3 is 19.6 Å². The summed E-state index contributed by atoms with van der Waals surface area (Å²) >= 11 is 0. The fourth-order valence-electron chi connectivity index (χ4n) is 5.79. The standard InChI is InChI=1S/C25H35N3O5/c1-23(2,3)25(21(30)31)16-24(10-11-24)17-28(22(32)33-4)19(25)20(29)27-14-12-26(13-15-27)18-8-6-5-7-9-18/h5-9,19H,10-17H2,1-4H3,(H,30,31)/t19-,25-/m1/s1. The molecule has 8 nitrogen and oxygen atoms in total. The van der Waals surface area contributed by atoms with E-state index in [0.717, 1.165) is 18.5 Å². The largest absolute Gasteiger partial charge is 0.481 e. The summed E-state index contributed by atoms with van der Waals surface area (Å²) < 4.78 is 5.05. The summed E-state index contributed by atoms with van der Waals surface area (Å²) in [5, 5.41) is 10.6. The van der Waals surface area contributed by atoms with Gasteiger partial charge in [-0.25, -0.2) is 4.79 Å². The van der Waals surface area contributed by atoms with Crippen LogP contribution in [0.5, 0.6) is 0 Å². The zero-order chi connectivity index (χ0) is 24.0. The number of carbonyl (C=O) groups excluding carboxylic acids is 2. The number of piperidine rings is 1. The van der Waals surface area contributed by atoms with Gasteiger partial charge in [-0.1, -0.05) is 39.0 Å². The van der Waals surface area contributed by atoms with Gasteiger partial charge in [-0.2, -0.15) is 0 Å². The first-order valence-electron chi connectivity index (χ1n) is 11.7. The van der Waals surface area contributed by atoms with Crippen LogP contribution in [0.25, 0.3) is 0 Å². The molecule has 2 aliphatic heterocycles. The molecule has 8 heteroatoms. The lowest BCUT2D eigenvalue weighted by Crippen LogP contribution is -2.70. The molecule has 180 valence electrons. The van der Waals surface area contributed by atoms with Gasteiger partial charge in [-0.3, -0.25) is 14.5 Å². The molecule has 0 unspecified atom stereocenters. The normalized spacial score (nSPS) is 26.8. The van der Waals surface area contributed by atoms with Crippen molar-refractivity contribution in [3.8, 4) is 0 Å². The minimum atomic E-state index is -1.40. The second kappa shape index (κ2) is 8.22. The lowest BCUT2D eigenvalue weighted by molar-refractivity contribution is -0.181. The van der Waals surface area contributed by atoms with Crippen LogP contribution in [0.15, 0.2) is 30.3 Å². The fraction of sp³-hybridized carbons (Fsp3) is 0.640. The topological polar surface area (TPSA) is 90.4 Å². The van der Waals surface area contributed by atoms with Crippen LogP contribution in [-0.4, -0.2) is 78.8 Å². The zero-order valence-corrected chi connectivity index (χ0v) is 20.0. The van der Waals surface area contributed by atoms with Gasteiger partial charge in [0.15, 0.2) is 0 Å². The Hall–Kier alpha value is -2.77. The minimum absolute atomic E-state index is 0.247. The number of amides is 2. The van der Waals surface area contributed by atoms with E-state index in [0.29, 0.717) is 39.1 Å². The Morgan fingerprint density at radius 2 is 1.64 bits per heavy atom. The predicted octanol–water partition coefficient (Wildman–Crippen LogP) is 3.07. The smallest absolute Gasteiger partial charge is 0.410 e. The number of carbonyl (C=O) groups is 3. The number of ether oxygens (including phenoxy) is 1. The summed E-state index contributed by atoms with van der Waals surface area (Å²) in [5.41, 5.74) is -1.29. The van der Waals surface area contributed by atoms with Gasteiger partial charge in [0.2, 0.25) is 5.91 Å². The Morgan fingerprint density at radius 1 is 1.03 bits per heavy atom. The second-order valence-electron chi connectivity index (χ2n) is 10.9. The molecule has 0 radical (unpaired) electrons. The molecule has 3 aliphatic rings. The van der Waals surface area contributed by atoms with E-state index in [1.165, 1.54) is 12.0 Å². The Bertz CT molecular complexity index is 916. The van der Waals surface area contributed by atoms with E-state index in [2.05, 4.69) is 4.90 Å². The van der Waals surface area contributed by atoms with E-state index in [1.807, 2.05) is 51.1 Å². The Labute approximate surface area is 195 Å². The first-order valence-corrected chi connectivity index (χ1v) is 11.7. The van der Waals surface area contributed by atoms with Crippen molar-refractivity contribution >= 4 is 23.7 Å². The van der Waals surface area contributed by atoms with Gasteiger partial charge in [-0.05, 0) is 42.2 Å². The third-order valence-corrected chi connectivity index (χ3v) is 7.97. The molecule has 0 bridgehead atoms. The number of carboxylic acid groups (broad SMARTS) is 1. The maximum Gasteiger partial charge on any atom is 0.410 e. The first kappa shape index (κ1) is 23.4. The maximum atomic E-state index is 14.0. The van der Waals surface area contributed by atoms with Crippen molar-refractivity contribution < 1.29 is 24.2 Å². The van der Waals surface area contributed by atoms with Gasteiger partial charge in [0.1, 0.15) is 11.5 Å². The molecule has 1 aromatic rings.